The van der Waals surface area contributed by atoms with Crippen molar-refractivity contribution < 1.29 is 13.9 Å². The van der Waals surface area contributed by atoms with Gasteiger partial charge in [-0.3, -0.25) is 4.79 Å². The molecule has 4 aromatic rings. The Bertz CT molecular complexity index is 1290. The van der Waals surface area contributed by atoms with E-state index in [0.29, 0.717) is 29.7 Å². The number of halogens is 1. The highest BCUT2D eigenvalue weighted by atomic mass is 32.2. The van der Waals surface area contributed by atoms with Crippen molar-refractivity contribution in [3.8, 4) is 5.75 Å². The molecule has 3 heterocycles. The molecule has 6 nitrogen and oxygen atoms in total. The van der Waals surface area contributed by atoms with Crippen molar-refractivity contribution in [1.29, 1.82) is 0 Å². The maximum atomic E-state index is 14.3. The van der Waals surface area contributed by atoms with Crippen molar-refractivity contribution in [1.82, 2.24) is 14.9 Å². The van der Waals surface area contributed by atoms with E-state index in [0.717, 1.165) is 39.0 Å². The molecule has 1 aliphatic rings. The summed E-state index contributed by atoms with van der Waals surface area (Å²) >= 11 is 2.85. The smallest absolute Gasteiger partial charge is 0.233 e. The van der Waals surface area contributed by atoms with Gasteiger partial charge in [0.2, 0.25) is 5.91 Å². The van der Waals surface area contributed by atoms with Gasteiger partial charge < -0.3 is 14.5 Å². The van der Waals surface area contributed by atoms with Crippen LogP contribution in [-0.4, -0.2) is 59.8 Å². The first kappa shape index (κ1) is 21.0. The van der Waals surface area contributed by atoms with Crippen molar-refractivity contribution >= 4 is 55.0 Å². The predicted octanol–water partition coefficient (Wildman–Crippen LogP) is 4.43. The molecule has 0 unspecified atom stereocenters. The molecule has 1 aliphatic heterocycles. The molecule has 5 rings (SSSR count). The summed E-state index contributed by atoms with van der Waals surface area (Å²) < 4.78 is 21.3. The third kappa shape index (κ3) is 3.98. The molecule has 2 aromatic heterocycles. The van der Waals surface area contributed by atoms with Crippen molar-refractivity contribution in [3.05, 3.63) is 54.6 Å². The van der Waals surface area contributed by atoms with Gasteiger partial charge in [0.05, 0.1) is 28.5 Å². The Labute approximate surface area is 193 Å². The van der Waals surface area contributed by atoms with E-state index in [-0.39, 0.29) is 11.7 Å². The fourth-order valence-electron chi connectivity index (χ4n) is 3.90. The van der Waals surface area contributed by atoms with Crippen LogP contribution in [0.2, 0.25) is 0 Å². The van der Waals surface area contributed by atoms with Gasteiger partial charge in [-0.1, -0.05) is 23.9 Å². The van der Waals surface area contributed by atoms with Crippen LogP contribution in [0, 0.1) is 5.82 Å². The monoisotopic (exact) mass is 468 g/mol. The number of piperazine rings is 1. The summed E-state index contributed by atoms with van der Waals surface area (Å²) in [5.74, 6) is 0.921. The number of hydrogen-bond donors (Lipinski definition) is 0. The van der Waals surface area contributed by atoms with Crippen LogP contribution in [0.25, 0.3) is 20.3 Å². The Morgan fingerprint density at radius 1 is 1.16 bits per heavy atom. The van der Waals surface area contributed by atoms with Gasteiger partial charge in [0.1, 0.15) is 22.9 Å². The van der Waals surface area contributed by atoms with E-state index in [9.17, 15) is 9.18 Å². The zero-order valence-electron chi connectivity index (χ0n) is 17.5. The normalized spacial score (nSPS) is 14.3. The molecule has 0 bridgehead atoms. The van der Waals surface area contributed by atoms with Gasteiger partial charge in [-0.2, -0.15) is 0 Å². The van der Waals surface area contributed by atoms with E-state index in [1.54, 1.807) is 13.2 Å². The van der Waals surface area contributed by atoms with Gasteiger partial charge in [-0.05, 0) is 24.3 Å². The molecule has 0 atom stereocenters. The molecule has 0 N–H and O–H groups in total. The largest absolute Gasteiger partial charge is 0.497 e. The minimum absolute atomic E-state index is 0.0827. The number of amides is 1. The van der Waals surface area contributed by atoms with E-state index >= 15 is 0 Å². The summed E-state index contributed by atoms with van der Waals surface area (Å²) in [6.07, 6.45) is 1.45. The Kier molecular flexibility index (Phi) is 5.84. The summed E-state index contributed by atoms with van der Waals surface area (Å²) in [7, 11) is 1.66. The molecular weight excluding hydrogens is 447 g/mol. The third-order valence-corrected chi connectivity index (χ3v) is 7.83. The number of rotatable bonds is 5. The number of aromatic nitrogens is 2. The molecule has 2 aromatic carbocycles. The number of benzene rings is 2. The highest BCUT2D eigenvalue weighted by Gasteiger charge is 2.22. The zero-order valence-corrected chi connectivity index (χ0v) is 19.1. The number of thiophene rings is 1. The first-order valence-corrected chi connectivity index (χ1v) is 12.1. The molecule has 0 aliphatic carbocycles. The highest BCUT2D eigenvalue weighted by molar-refractivity contribution is 8.00. The lowest BCUT2D eigenvalue weighted by Crippen LogP contribution is -2.49. The molecular formula is C23H21FN4O2S2. The molecule has 0 spiro atoms. The third-order valence-electron chi connectivity index (χ3n) is 5.58. The SMILES string of the molecule is COc1cccc(N2CCN(C(=O)CSc3ncnc4c3sc3cccc(F)c34)CC2)c1. The van der Waals surface area contributed by atoms with Crippen LogP contribution in [0.3, 0.4) is 0 Å². The number of anilines is 1. The van der Waals surface area contributed by atoms with Gasteiger partial charge in [0.15, 0.2) is 0 Å². The second-order valence-electron chi connectivity index (χ2n) is 7.43. The Morgan fingerprint density at radius 3 is 2.78 bits per heavy atom. The van der Waals surface area contributed by atoms with E-state index in [1.165, 1.54) is 35.5 Å². The van der Waals surface area contributed by atoms with Gasteiger partial charge in [-0.15, -0.1) is 11.3 Å². The fraction of sp³-hybridized carbons (Fsp3) is 0.261. The lowest BCUT2D eigenvalue weighted by molar-refractivity contribution is -0.128. The van der Waals surface area contributed by atoms with Gasteiger partial charge in [0.25, 0.3) is 0 Å². The zero-order chi connectivity index (χ0) is 22.1. The average Bonchev–Trinajstić information content (AvgIpc) is 3.23. The maximum Gasteiger partial charge on any atom is 0.233 e. The van der Waals surface area contributed by atoms with Gasteiger partial charge in [-0.25, -0.2) is 14.4 Å². The fourth-order valence-corrected chi connectivity index (χ4v) is 6.05. The molecule has 1 saturated heterocycles. The first-order valence-electron chi connectivity index (χ1n) is 10.3. The molecule has 32 heavy (non-hydrogen) atoms. The van der Waals surface area contributed by atoms with Crippen molar-refractivity contribution in [2.75, 3.05) is 43.9 Å². The van der Waals surface area contributed by atoms with E-state index in [1.807, 2.05) is 29.2 Å². The minimum Gasteiger partial charge on any atom is -0.497 e. The number of ether oxygens (including phenoxy) is 1. The molecule has 0 saturated carbocycles. The standard InChI is InChI=1S/C23H21FN4O2S2/c1-30-16-5-2-4-15(12-16)27-8-10-28(11-9-27)19(29)13-31-23-22-21(25-14-26-23)20-17(24)6-3-7-18(20)32-22/h2-7,12,14H,8-11,13H2,1H3. The number of hydrogen-bond acceptors (Lipinski definition) is 7. The van der Waals surface area contributed by atoms with Gasteiger partial charge in [0, 0.05) is 42.6 Å². The number of fused-ring (bicyclic) bond motifs is 3. The van der Waals surface area contributed by atoms with Crippen molar-refractivity contribution in [2.45, 2.75) is 5.03 Å². The molecule has 0 radical (unpaired) electrons. The second-order valence-corrected chi connectivity index (χ2v) is 9.45. The predicted molar refractivity (Wildman–Crippen MR) is 127 cm³/mol. The molecule has 1 amide bonds. The highest BCUT2D eigenvalue weighted by Crippen LogP contribution is 2.38. The number of carbonyl (C=O) groups is 1. The van der Waals surface area contributed by atoms with Crippen LogP contribution in [0.1, 0.15) is 0 Å². The number of carbonyl (C=O) groups excluding carboxylic acids is 1. The van der Waals surface area contributed by atoms with Crippen LogP contribution >= 0.6 is 23.1 Å². The summed E-state index contributed by atoms with van der Waals surface area (Å²) in [6.45, 7) is 2.89. The van der Waals surface area contributed by atoms with Crippen molar-refractivity contribution in [2.24, 2.45) is 0 Å². The quantitative estimate of drug-likeness (QED) is 0.319. The summed E-state index contributed by atoms with van der Waals surface area (Å²) in [6, 6.07) is 13.0. The van der Waals surface area contributed by atoms with Crippen LogP contribution in [0.5, 0.6) is 5.75 Å². The van der Waals surface area contributed by atoms with E-state index in [4.69, 9.17) is 4.74 Å². The average molecular weight is 469 g/mol. The molecule has 164 valence electrons. The molecule has 1 fully saturated rings. The van der Waals surface area contributed by atoms with Crippen LogP contribution in [-0.2, 0) is 4.79 Å². The Balaban J connectivity index is 1.24. The summed E-state index contributed by atoms with van der Waals surface area (Å²) in [4.78, 5) is 25.7. The lowest BCUT2D eigenvalue weighted by atomic mass is 10.2. The number of thioether (sulfide) groups is 1. The van der Waals surface area contributed by atoms with Crippen LogP contribution < -0.4 is 9.64 Å². The Hall–Kier alpha value is -2.91. The van der Waals surface area contributed by atoms with Gasteiger partial charge >= 0.3 is 0 Å². The van der Waals surface area contributed by atoms with Crippen molar-refractivity contribution in [3.63, 3.8) is 0 Å². The van der Waals surface area contributed by atoms with E-state index in [2.05, 4.69) is 20.9 Å². The minimum atomic E-state index is -0.284. The summed E-state index contributed by atoms with van der Waals surface area (Å²) in [5, 5.41) is 1.25. The molecule has 9 heteroatoms. The second kappa shape index (κ2) is 8.91. The topological polar surface area (TPSA) is 58.6 Å². The number of methoxy groups -OCH3 is 1. The Morgan fingerprint density at radius 2 is 1.97 bits per heavy atom. The van der Waals surface area contributed by atoms with Crippen LogP contribution in [0.15, 0.2) is 53.8 Å². The van der Waals surface area contributed by atoms with Crippen LogP contribution in [0.4, 0.5) is 10.1 Å². The van der Waals surface area contributed by atoms with E-state index < -0.39 is 0 Å². The maximum absolute atomic E-state index is 14.3. The summed E-state index contributed by atoms with van der Waals surface area (Å²) in [5.41, 5.74) is 1.71. The number of nitrogens with zero attached hydrogens (tertiary/aromatic N) is 4. The lowest BCUT2D eigenvalue weighted by Gasteiger charge is -2.36. The first-order chi connectivity index (χ1) is 15.6.